The number of phenols is 1. The van der Waals surface area contributed by atoms with E-state index in [9.17, 15) is 5.11 Å². The number of hydrogen-bond donors (Lipinski definition) is 2. The molecule has 2 rings (SSSR count). The third-order valence-electron chi connectivity index (χ3n) is 2.51. The Hall–Kier alpha value is -1.68. The van der Waals surface area contributed by atoms with Crippen LogP contribution in [-0.2, 0) is 6.42 Å². The SMILES string of the molecule is Cc1nc(CCCN)c2cccc(O)c2n1. The number of fused-ring (bicyclic) bond motifs is 1. The fourth-order valence-corrected chi connectivity index (χ4v) is 1.78. The van der Waals surface area contributed by atoms with Gasteiger partial charge in [-0.05, 0) is 32.4 Å². The number of phenolic OH excluding ortho intramolecular Hbond substituents is 1. The first-order valence-electron chi connectivity index (χ1n) is 5.37. The first-order valence-corrected chi connectivity index (χ1v) is 5.37. The summed E-state index contributed by atoms with van der Waals surface area (Å²) < 4.78 is 0. The van der Waals surface area contributed by atoms with E-state index in [-0.39, 0.29) is 5.75 Å². The van der Waals surface area contributed by atoms with Crippen molar-refractivity contribution in [1.29, 1.82) is 0 Å². The van der Waals surface area contributed by atoms with Gasteiger partial charge < -0.3 is 10.8 Å². The van der Waals surface area contributed by atoms with E-state index in [0.717, 1.165) is 23.9 Å². The number of aromatic hydroxyl groups is 1. The van der Waals surface area contributed by atoms with Crippen molar-refractivity contribution < 1.29 is 5.11 Å². The quantitative estimate of drug-likeness (QED) is 0.818. The van der Waals surface area contributed by atoms with Gasteiger partial charge in [-0.3, -0.25) is 0 Å². The van der Waals surface area contributed by atoms with Crippen LogP contribution in [0.2, 0.25) is 0 Å². The lowest BCUT2D eigenvalue weighted by Gasteiger charge is -2.07. The molecule has 4 heteroatoms. The molecule has 0 spiro atoms. The lowest BCUT2D eigenvalue weighted by molar-refractivity contribution is 0.480. The highest BCUT2D eigenvalue weighted by Gasteiger charge is 2.08. The molecular formula is C12H15N3O. The molecule has 0 amide bonds. The predicted octanol–water partition coefficient (Wildman–Crippen LogP) is 1.54. The molecule has 0 radical (unpaired) electrons. The van der Waals surface area contributed by atoms with Crippen LogP contribution in [0.25, 0.3) is 10.9 Å². The van der Waals surface area contributed by atoms with Crippen molar-refractivity contribution in [1.82, 2.24) is 9.97 Å². The molecule has 1 heterocycles. The highest BCUT2D eigenvalue weighted by molar-refractivity contribution is 5.86. The first kappa shape index (κ1) is 10.8. The van der Waals surface area contributed by atoms with E-state index < -0.39 is 0 Å². The largest absolute Gasteiger partial charge is 0.506 e. The zero-order valence-electron chi connectivity index (χ0n) is 9.27. The van der Waals surface area contributed by atoms with E-state index >= 15 is 0 Å². The van der Waals surface area contributed by atoms with Crippen LogP contribution in [0.3, 0.4) is 0 Å². The molecule has 0 saturated heterocycles. The van der Waals surface area contributed by atoms with Gasteiger partial charge >= 0.3 is 0 Å². The highest BCUT2D eigenvalue weighted by Crippen LogP contribution is 2.24. The molecule has 0 saturated carbocycles. The van der Waals surface area contributed by atoms with Crippen LogP contribution in [0.1, 0.15) is 17.9 Å². The summed E-state index contributed by atoms with van der Waals surface area (Å²) in [6, 6.07) is 5.38. The van der Waals surface area contributed by atoms with Crippen LogP contribution in [0.4, 0.5) is 0 Å². The van der Waals surface area contributed by atoms with Crippen molar-refractivity contribution >= 4 is 10.9 Å². The highest BCUT2D eigenvalue weighted by atomic mass is 16.3. The third-order valence-corrected chi connectivity index (χ3v) is 2.51. The van der Waals surface area contributed by atoms with Crippen LogP contribution in [0.15, 0.2) is 18.2 Å². The van der Waals surface area contributed by atoms with Crippen molar-refractivity contribution in [3.8, 4) is 5.75 Å². The van der Waals surface area contributed by atoms with Crippen molar-refractivity contribution in [2.45, 2.75) is 19.8 Å². The minimum atomic E-state index is 0.206. The van der Waals surface area contributed by atoms with Crippen LogP contribution in [0.5, 0.6) is 5.75 Å². The Morgan fingerprint density at radius 3 is 2.88 bits per heavy atom. The van der Waals surface area contributed by atoms with Crippen LogP contribution >= 0.6 is 0 Å². The minimum absolute atomic E-state index is 0.206. The molecule has 1 aromatic heterocycles. The van der Waals surface area contributed by atoms with Gasteiger partial charge in [0, 0.05) is 5.39 Å². The smallest absolute Gasteiger partial charge is 0.141 e. The van der Waals surface area contributed by atoms with Gasteiger partial charge in [0.05, 0.1) is 5.69 Å². The number of aryl methyl sites for hydroxylation is 2. The lowest BCUT2D eigenvalue weighted by atomic mass is 10.1. The Kier molecular flexibility index (Phi) is 3.01. The Morgan fingerprint density at radius 2 is 2.12 bits per heavy atom. The third kappa shape index (κ3) is 1.97. The zero-order valence-corrected chi connectivity index (χ0v) is 9.27. The second-order valence-corrected chi connectivity index (χ2v) is 3.78. The van der Waals surface area contributed by atoms with Gasteiger partial charge in [0.25, 0.3) is 0 Å². The Labute approximate surface area is 94.1 Å². The predicted molar refractivity (Wildman–Crippen MR) is 63.3 cm³/mol. The van der Waals surface area contributed by atoms with E-state index in [0.29, 0.717) is 17.9 Å². The lowest BCUT2D eigenvalue weighted by Crippen LogP contribution is -2.03. The second-order valence-electron chi connectivity index (χ2n) is 3.78. The molecule has 0 unspecified atom stereocenters. The molecule has 0 bridgehead atoms. The van der Waals surface area contributed by atoms with Crippen molar-refractivity contribution in [2.24, 2.45) is 5.73 Å². The Bertz CT molecular complexity index is 511. The number of hydrogen-bond acceptors (Lipinski definition) is 4. The summed E-state index contributed by atoms with van der Waals surface area (Å²) in [5.74, 6) is 0.887. The molecule has 0 aliphatic heterocycles. The van der Waals surface area contributed by atoms with Gasteiger partial charge in [-0.25, -0.2) is 9.97 Å². The van der Waals surface area contributed by atoms with E-state index in [1.165, 1.54) is 0 Å². The zero-order chi connectivity index (χ0) is 11.5. The van der Waals surface area contributed by atoms with Gasteiger partial charge in [-0.1, -0.05) is 12.1 Å². The van der Waals surface area contributed by atoms with Crippen LogP contribution < -0.4 is 5.73 Å². The van der Waals surface area contributed by atoms with Gasteiger partial charge in [0.1, 0.15) is 17.1 Å². The van der Waals surface area contributed by atoms with E-state index in [2.05, 4.69) is 9.97 Å². The molecule has 0 fully saturated rings. The summed E-state index contributed by atoms with van der Waals surface area (Å²) >= 11 is 0. The van der Waals surface area contributed by atoms with E-state index in [4.69, 9.17) is 5.73 Å². The van der Waals surface area contributed by atoms with Crippen molar-refractivity contribution in [2.75, 3.05) is 6.54 Å². The average molecular weight is 217 g/mol. The van der Waals surface area contributed by atoms with Gasteiger partial charge in [0.2, 0.25) is 0 Å². The summed E-state index contributed by atoms with van der Waals surface area (Å²) in [7, 11) is 0. The molecule has 0 aliphatic rings. The molecule has 1 aromatic carbocycles. The number of nitrogens with zero attached hydrogens (tertiary/aromatic N) is 2. The van der Waals surface area contributed by atoms with Gasteiger partial charge in [-0.2, -0.15) is 0 Å². The molecule has 0 aliphatic carbocycles. The maximum Gasteiger partial charge on any atom is 0.141 e. The Morgan fingerprint density at radius 1 is 1.31 bits per heavy atom. The van der Waals surface area contributed by atoms with E-state index in [1.54, 1.807) is 6.07 Å². The minimum Gasteiger partial charge on any atom is -0.506 e. The number of benzene rings is 1. The number of aromatic nitrogens is 2. The number of rotatable bonds is 3. The average Bonchev–Trinajstić information content (AvgIpc) is 2.27. The molecule has 84 valence electrons. The molecule has 3 N–H and O–H groups in total. The van der Waals surface area contributed by atoms with Crippen molar-refractivity contribution in [3.63, 3.8) is 0 Å². The standard InChI is InChI=1S/C12H15N3O/c1-8-14-10(5-3-7-13)9-4-2-6-11(16)12(9)15-8/h2,4,6,16H,3,5,7,13H2,1H3. The fraction of sp³-hybridized carbons (Fsp3) is 0.333. The number of nitrogens with two attached hydrogens (primary N) is 1. The monoisotopic (exact) mass is 217 g/mol. The molecule has 4 nitrogen and oxygen atoms in total. The van der Waals surface area contributed by atoms with Gasteiger partial charge in [-0.15, -0.1) is 0 Å². The molecule has 0 atom stereocenters. The number of para-hydroxylation sites is 1. The summed E-state index contributed by atoms with van der Waals surface area (Å²) in [5, 5.41) is 10.6. The summed E-state index contributed by atoms with van der Waals surface area (Å²) in [6.45, 7) is 2.47. The van der Waals surface area contributed by atoms with Crippen LogP contribution in [0, 0.1) is 6.92 Å². The maximum atomic E-state index is 9.73. The normalized spacial score (nSPS) is 10.9. The van der Waals surface area contributed by atoms with Crippen molar-refractivity contribution in [3.05, 3.63) is 29.7 Å². The van der Waals surface area contributed by atoms with Crippen LogP contribution in [-0.4, -0.2) is 21.6 Å². The summed E-state index contributed by atoms with van der Waals surface area (Å²) in [4.78, 5) is 8.65. The Balaban J connectivity index is 2.59. The maximum absolute atomic E-state index is 9.73. The molecule has 2 aromatic rings. The van der Waals surface area contributed by atoms with E-state index in [1.807, 2.05) is 19.1 Å². The molecule has 16 heavy (non-hydrogen) atoms. The summed E-state index contributed by atoms with van der Waals surface area (Å²) in [6.07, 6.45) is 1.71. The first-order chi connectivity index (χ1) is 7.72. The summed E-state index contributed by atoms with van der Waals surface area (Å²) in [5.41, 5.74) is 7.08. The topological polar surface area (TPSA) is 72.0 Å². The van der Waals surface area contributed by atoms with Gasteiger partial charge in [0.15, 0.2) is 0 Å². The second kappa shape index (κ2) is 4.45. The molecular weight excluding hydrogens is 202 g/mol. The fourth-order valence-electron chi connectivity index (χ4n) is 1.78.